The van der Waals surface area contributed by atoms with Gasteiger partial charge in [0, 0.05) is 30.0 Å². The zero-order valence-corrected chi connectivity index (χ0v) is 16.7. The summed E-state index contributed by atoms with van der Waals surface area (Å²) in [7, 11) is -3.57. The Balaban J connectivity index is 2.10. The first kappa shape index (κ1) is 21.1. The summed E-state index contributed by atoms with van der Waals surface area (Å²) in [5, 5.41) is 2.85. The van der Waals surface area contributed by atoms with Crippen LogP contribution in [0.4, 0.5) is 5.69 Å². The summed E-state index contributed by atoms with van der Waals surface area (Å²) in [4.78, 5) is 12.6. The molecular weight excluding hydrogens is 364 g/mol. The summed E-state index contributed by atoms with van der Waals surface area (Å²) in [6, 6.07) is 13.3. The lowest BCUT2D eigenvalue weighted by Gasteiger charge is -2.12. The fourth-order valence-corrected chi connectivity index (χ4v) is 3.53. The van der Waals surface area contributed by atoms with Crippen molar-refractivity contribution in [1.29, 1.82) is 0 Å². The van der Waals surface area contributed by atoms with Crippen molar-refractivity contribution in [3.63, 3.8) is 0 Å². The number of ether oxygens (including phenoxy) is 1. The molecule has 0 saturated heterocycles. The molecular formula is C20H26N2O4S. The van der Waals surface area contributed by atoms with Gasteiger partial charge in [0.05, 0.1) is 11.5 Å². The first-order valence-corrected chi connectivity index (χ1v) is 10.4. The van der Waals surface area contributed by atoms with E-state index in [9.17, 15) is 13.2 Å². The van der Waals surface area contributed by atoms with E-state index in [-0.39, 0.29) is 16.7 Å². The summed E-state index contributed by atoms with van der Waals surface area (Å²) < 4.78 is 32.4. The highest BCUT2D eigenvalue weighted by atomic mass is 32.2. The van der Waals surface area contributed by atoms with Crippen molar-refractivity contribution >= 4 is 21.6 Å². The summed E-state index contributed by atoms with van der Waals surface area (Å²) in [5.41, 5.74) is 1.93. The number of para-hydroxylation sites is 1. The van der Waals surface area contributed by atoms with E-state index in [1.807, 2.05) is 39.0 Å². The lowest BCUT2D eigenvalue weighted by molar-refractivity contribution is 0.102. The Bertz CT molecular complexity index is 862. The Kier molecular flexibility index (Phi) is 7.53. The van der Waals surface area contributed by atoms with E-state index >= 15 is 0 Å². The number of anilines is 1. The highest BCUT2D eigenvalue weighted by Gasteiger charge is 2.15. The van der Waals surface area contributed by atoms with Gasteiger partial charge >= 0.3 is 0 Å². The highest BCUT2D eigenvalue weighted by molar-refractivity contribution is 7.89. The number of amides is 1. The van der Waals surface area contributed by atoms with Crippen LogP contribution in [0.1, 0.15) is 36.7 Å². The van der Waals surface area contributed by atoms with Crippen LogP contribution in [0.15, 0.2) is 53.4 Å². The molecule has 0 unspecified atom stereocenters. The van der Waals surface area contributed by atoms with Gasteiger partial charge in [0.25, 0.3) is 5.91 Å². The largest absolute Gasteiger partial charge is 0.377 e. The molecule has 0 saturated carbocycles. The van der Waals surface area contributed by atoms with E-state index in [0.717, 1.165) is 5.56 Å². The summed E-state index contributed by atoms with van der Waals surface area (Å²) in [6.45, 7) is 7.13. The van der Waals surface area contributed by atoms with Crippen LogP contribution in [0.5, 0.6) is 0 Å². The van der Waals surface area contributed by atoms with Gasteiger partial charge in [0.15, 0.2) is 0 Å². The third-order valence-corrected chi connectivity index (χ3v) is 5.28. The van der Waals surface area contributed by atoms with Crippen molar-refractivity contribution in [1.82, 2.24) is 4.72 Å². The molecule has 2 rings (SSSR count). The van der Waals surface area contributed by atoms with E-state index in [4.69, 9.17) is 4.74 Å². The Morgan fingerprint density at radius 1 is 1.07 bits per heavy atom. The monoisotopic (exact) mass is 390 g/mol. The van der Waals surface area contributed by atoms with E-state index in [1.54, 1.807) is 6.07 Å². The van der Waals surface area contributed by atoms with Crippen molar-refractivity contribution in [3.8, 4) is 0 Å². The number of benzene rings is 2. The lowest BCUT2D eigenvalue weighted by atomic mass is 10.1. The van der Waals surface area contributed by atoms with Crippen molar-refractivity contribution in [2.75, 3.05) is 18.5 Å². The van der Waals surface area contributed by atoms with Crippen LogP contribution in [-0.4, -0.2) is 27.5 Å². The van der Waals surface area contributed by atoms with Gasteiger partial charge in [0.2, 0.25) is 10.0 Å². The van der Waals surface area contributed by atoms with Gasteiger partial charge in [-0.1, -0.05) is 32.0 Å². The van der Waals surface area contributed by atoms with Crippen molar-refractivity contribution in [3.05, 3.63) is 59.7 Å². The van der Waals surface area contributed by atoms with Crippen LogP contribution in [0.25, 0.3) is 0 Å². The van der Waals surface area contributed by atoms with E-state index < -0.39 is 10.0 Å². The van der Waals surface area contributed by atoms with Crippen LogP contribution < -0.4 is 10.0 Å². The summed E-state index contributed by atoms with van der Waals surface area (Å²) in [5.74, 6) is -0.0976. The van der Waals surface area contributed by atoms with Gasteiger partial charge in [0.1, 0.15) is 0 Å². The summed E-state index contributed by atoms with van der Waals surface area (Å²) >= 11 is 0. The van der Waals surface area contributed by atoms with Gasteiger partial charge in [-0.2, -0.15) is 0 Å². The molecule has 0 atom stereocenters. The predicted octanol–water partition coefficient (Wildman–Crippen LogP) is 3.41. The molecule has 1 amide bonds. The van der Waals surface area contributed by atoms with Crippen LogP contribution in [-0.2, 0) is 21.4 Å². The van der Waals surface area contributed by atoms with Crippen LogP contribution >= 0.6 is 0 Å². The van der Waals surface area contributed by atoms with Gasteiger partial charge in [-0.15, -0.1) is 0 Å². The maximum atomic E-state index is 12.5. The fraction of sp³-hybridized carbons (Fsp3) is 0.350. The number of rotatable bonds is 9. The molecule has 0 spiro atoms. The standard InChI is InChI=1S/C20H26N2O4S/c1-4-26-14-17-7-5-6-8-19(17)22-20(23)16-9-11-18(12-10-16)27(24,25)21-13-15(2)3/h5-12,15,21H,4,13-14H2,1-3H3,(H,22,23). The van der Waals surface area contributed by atoms with Gasteiger partial charge in [-0.3, -0.25) is 4.79 Å². The second kappa shape index (κ2) is 9.64. The van der Waals surface area contributed by atoms with E-state index in [1.165, 1.54) is 24.3 Å². The normalized spacial score (nSPS) is 11.6. The number of nitrogens with one attached hydrogen (secondary N) is 2. The Morgan fingerprint density at radius 2 is 1.74 bits per heavy atom. The number of carbonyl (C=O) groups excluding carboxylic acids is 1. The summed E-state index contributed by atoms with van der Waals surface area (Å²) in [6.07, 6.45) is 0. The number of hydrogen-bond acceptors (Lipinski definition) is 4. The predicted molar refractivity (Wildman–Crippen MR) is 106 cm³/mol. The molecule has 2 N–H and O–H groups in total. The molecule has 0 radical (unpaired) electrons. The minimum Gasteiger partial charge on any atom is -0.377 e. The molecule has 2 aromatic carbocycles. The Morgan fingerprint density at radius 3 is 2.37 bits per heavy atom. The molecule has 27 heavy (non-hydrogen) atoms. The average Bonchev–Trinajstić information content (AvgIpc) is 2.66. The third-order valence-electron chi connectivity index (χ3n) is 3.84. The maximum absolute atomic E-state index is 12.5. The van der Waals surface area contributed by atoms with Crippen molar-refractivity contribution < 1.29 is 17.9 Å². The molecule has 0 fully saturated rings. The zero-order chi connectivity index (χ0) is 19.9. The highest BCUT2D eigenvalue weighted by Crippen LogP contribution is 2.18. The molecule has 0 aliphatic rings. The first-order valence-electron chi connectivity index (χ1n) is 8.90. The molecule has 2 aromatic rings. The molecule has 7 heteroatoms. The van der Waals surface area contributed by atoms with Gasteiger partial charge in [-0.25, -0.2) is 13.1 Å². The van der Waals surface area contributed by atoms with Gasteiger partial charge in [-0.05, 0) is 43.2 Å². The van der Waals surface area contributed by atoms with Gasteiger partial charge < -0.3 is 10.1 Å². The smallest absolute Gasteiger partial charge is 0.255 e. The van der Waals surface area contributed by atoms with Crippen molar-refractivity contribution in [2.24, 2.45) is 5.92 Å². The quantitative estimate of drug-likeness (QED) is 0.687. The third kappa shape index (κ3) is 6.16. The molecule has 0 heterocycles. The Labute approximate surface area is 161 Å². The molecule has 0 aliphatic carbocycles. The van der Waals surface area contributed by atoms with Crippen LogP contribution in [0, 0.1) is 5.92 Å². The first-order chi connectivity index (χ1) is 12.8. The second-order valence-corrected chi connectivity index (χ2v) is 8.29. The van der Waals surface area contributed by atoms with Crippen LogP contribution in [0.2, 0.25) is 0 Å². The van der Waals surface area contributed by atoms with E-state index in [2.05, 4.69) is 10.0 Å². The molecule has 0 aromatic heterocycles. The Hall–Kier alpha value is -2.22. The molecule has 6 nitrogen and oxygen atoms in total. The number of sulfonamides is 1. The molecule has 146 valence electrons. The minimum absolute atomic E-state index is 0.136. The molecule has 0 aliphatic heterocycles. The molecule has 0 bridgehead atoms. The van der Waals surface area contributed by atoms with Crippen molar-refractivity contribution in [2.45, 2.75) is 32.3 Å². The minimum atomic E-state index is -3.57. The average molecular weight is 391 g/mol. The number of carbonyl (C=O) groups is 1. The lowest BCUT2D eigenvalue weighted by Crippen LogP contribution is -2.27. The fourth-order valence-electron chi connectivity index (χ4n) is 2.32. The SMILES string of the molecule is CCOCc1ccccc1NC(=O)c1ccc(S(=O)(=O)NCC(C)C)cc1. The number of hydrogen-bond donors (Lipinski definition) is 2. The zero-order valence-electron chi connectivity index (χ0n) is 15.9. The topological polar surface area (TPSA) is 84.5 Å². The second-order valence-electron chi connectivity index (χ2n) is 6.52. The maximum Gasteiger partial charge on any atom is 0.255 e. The van der Waals surface area contributed by atoms with Crippen LogP contribution in [0.3, 0.4) is 0 Å². The van der Waals surface area contributed by atoms with E-state index in [0.29, 0.717) is 31.0 Å².